The van der Waals surface area contributed by atoms with Crippen molar-refractivity contribution in [3.63, 3.8) is 0 Å². The van der Waals surface area contributed by atoms with E-state index in [9.17, 15) is 24.8 Å². The first-order valence-corrected chi connectivity index (χ1v) is 6.82. The SMILES string of the molecule is COC(=O)C1=C(N)NC(C)=C(C(=O)O)C1c1ccccc1[N+](=O)[O-]. The molecule has 0 aliphatic carbocycles. The average Bonchev–Trinajstić information content (AvgIpc) is 2.52. The first-order valence-electron chi connectivity index (χ1n) is 6.82. The topological polar surface area (TPSA) is 145 Å². The molecule has 0 fully saturated rings. The summed E-state index contributed by atoms with van der Waals surface area (Å²) in [5, 5.41) is 23.5. The van der Waals surface area contributed by atoms with Crippen LogP contribution in [-0.4, -0.2) is 29.1 Å². The van der Waals surface area contributed by atoms with Gasteiger partial charge in [-0.1, -0.05) is 18.2 Å². The van der Waals surface area contributed by atoms with E-state index in [0.717, 1.165) is 7.11 Å². The number of nitrogens with two attached hydrogens (primary N) is 1. The fraction of sp³-hybridized carbons (Fsp3) is 0.200. The van der Waals surface area contributed by atoms with Crippen LogP contribution < -0.4 is 11.1 Å². The highest BCUT2D eigenvalue weighted by molar-refractivity contribution is 5.99. The second-order valence-electron chi connectivity index (χ2n) is 5.04. The molecule has 9 heteroatoms. The number of allylic oxidation sites excluding steroid dienone is 1. The Morgan fingerprint density at radius 2 is 1.96 bits per heavy atom. The van der Waals surface area contributed by atoms with Gasteiger partial charge in [-0.25, -0.2) is 9.59 Å². The van der Waals surface area contributed by atoms with Crippen LogP contribution in [-0.2, 0) is 14.3 Å². The molecule has 1 unspecified atom stereocenters. The molecule has 1 aromatic rings. The van der Waals surface area contributed by atoms with Crippen LogP contribution in [0.15, 0.2) is 46.9 Å². The molecule has 1 aromatic carbocycles. The van der Waals surface area contributed by atoms with Gasteiger partial charge in [-0.3, -0.25) is 10.1 Å². The van der Waals surface area contributed by atoms with Crippen LogP contribution in [0.5, 0.6) is 0 Å². The minimum absolute atomic E-state index is 0.0455. The number of nitro groups is 1. The van der Waals surface area contributed by atoms with Crippen LogP contribution in [0.1, 0.15) is 18.4 Å². The van der Waals surface area contributed by atoms with E-state index >= 15 is 0 Å². The van der Waals surface area contributed by atoms with Crippen molar-refractivity contribution >= 4 is 17.6 Å². The van der Waals surface area contributed by atoms with Gasteiger partial charge in [0.05, 0.1) is 29.1 Å². The first-order chi connectivity index (χ1) is 11.3. The monoisotopic (exact) mass is 333 g/mol. The zero-order valence-corrected chi connectivity index (χ0v) is 12.9. The van der Waals surface area contributed by atoms with E-state index in [1.54, 1.807) is 0 Å². The van der Waals surface area contributed by atoms with Gasteiger partial charge in [0.2, 0.25) is 0 Å². The lowest BCUT2D eigenvalue weighted by atomic mass is 9.80. The summed E-state index contributed by atoms with van der Waals surface area (Å²) in [7, 11) is 1.12. The lowest BCUT2D eigenvalue weighted by Gasteiger charge is -2.28. The van der Waals surface area contributed by atoms with Crippen LogP contribution in [0.3, 0.4) is 0 Å². The number of para-hydroxylation sites is 1. The van der Waals surface area contributed by atoms with Gasteiger partial charge >= 0.3 is 11.9 Å². The highest BCUT2D eigenvalue weighted by Gasteiger charge is 2.40. The maximum atomic E-state index is 12.1. The number of carboxylic acid groups (broad SMARTS) is 1. The van der Waals surface area contributed by atoms with Gasteiger partial charge in [0.15, 0.2) is 0 Å². The van der Waals surface area contributed by atoms with Gasteiger partial charge < -0.3 is 20.9 Å². The van der Waals surface area contributed by atoms with Crippen molar-refractivity contribution in [1.29, 1.82) is 0 Å². The van der Waals surface area contributed by atoms with E-state index in [0.29, 0.717) is 0 Å². The Labute approximate surface area is 136 Å². The molecule has 0 saturated carbocycles. The smallest absolute Gasteiger partial charge is 0.338 e. The maximum absolute atomic E-state index is 12.1. The van der Waals surface area contributed by atoms with E-state index in [1.165, 1.54) is 31.2 Å². The summed E-state index contributed by atoms with van der Waals surface area (Å²) < 4.78 is 4.67. The molecule has 0 saturated heterocycles. The molecule has 0 aromatic heterocycles. The molecule has 0 spiro atoms. The van der Waals surface area contributed by atoms with E-state index in [1.807, 2.05) is 0 Å². The molecular formula is C15H15N3O6. The van der Waals surface area contributed by atoms with Crippen LogP contribution in [0.25, 0.3) is 0 Å². The number of ether oxygens (including phenoxy) is 1. The van der Waals surface area contributed by atoms with Gasteiger partial charge in [0.1, 0.15) is 5.82 Å². The molecule has 9 nitrogen and oxygen atoms in total. The standard InChI is InChI=1S/C15H15N3O6/c1-7-10(14(19)20)11(12(13(16)17-7)15(21)24-2)8-5-3-4-6-9(8)18(22)23/h3-6,11,17H,16H2,1-2H3,(H,19,20). The third-order valence-electron chi connectivity index (χ3n) is 3.67. The number of nitro benzene ring substituents is 1. The Kier molecular flexibility index (Phi) is 4.54. The quantitative estimate of drug-likeness (QED) is 0.420. The Morgan fingerprint density at radius 1 is 1.33 bits per heavy atom. The van der Waals surface area contributed by atoms with E-state index in [-0.39, 0.29) is 33.9 Å². The fourth-order valence-electron chi connectivity index (χ4n) is 2.68. The van der Waals surface area contributed by atoms with Crippen LogP contribution >= 0.6 is 0 Å². The normalized spacial score (nSPS) is 17.3. The largest absolute Gasteiger partial charge is 0.478 e. The highest BCUT2D eigenvalue weighted by atomic mass is 16.6. The predicted octanol–water partition coefficient (Wildman–Crippen LogP) is 0.984. The maximum Gasteiger partial charge on any atom is 0.338 e. The molecule has 1 aliphatic heterocycles. The number of methoxy groups -OCH3 is 1. The van der Waals surface area contributed by atoms with Crippen molar-refractivity contribution in [3.8, 4) is 0 Å². The molecule has 0 radical (unpaired) electrons. The van der Waals surface area contributed by atoms with Gasteiger partial charge in [-0.2, -0.15) is 0 Å². The van der Waals surface area contributed by atoms with Crippen molar-refractivity contribution in [3.05, 3.63) is 62.6 Å². The molecule has 1 aliphatic rings. The molecule has 126 valence electrons. The Bertz CT molecular complexity index is 796. The van der Waals surface area contributed by atoms with Crippen molar-refractivity contribution in [2.45, 2.75) is 12.8 Å². The minimum Gasteiger partial charge on any atom is -0.478 e. The van der Waals surface area contributed by atoms with Gasteiger partial charge in [-0.05, 0) is 6.92 Å². The van der Waals surface area contributed by atoms with Crippen molar-refractivity contribution in [2.75, 3.05) is 7.11 Å². The molecule has 4 N–H and O–H groups in total. The summed E-state index contributed by atoms with van der Waals surface area (Å²) in [6, 6.07) is 5.59. The summed E-state index contributed by atoms with van der Waals surface area (Å²) in [4.78, 5) is 34.5. The van der Waals surface area contributed by atoms with E-state index in [2.05, 4.69) is 10.1 Å². The second-order valence-corrected chi connectivity index (χ2v) is 5.04. The number of benzene rings is 1. The van der Waals surface area contributed by atoms with Crippen molar-refractivity contribution < 1.29 is 24.4 Å². The number of dihydropyridines is 1. The third-order valence-corrected chi connectivity index (χ3v) is 3.67. The van der Waals surface area contributed by atoms with Gasteiger partial charge in [0.25, 0.3) is 5.69 Å². The molecule has 24 heavy (non-hydrogen) atoms. The number of nitrogens with zero attached hydrogens (tertiary/aromatic N) is 1. The Balaban J connectivity index is 2.80. The number of nitrogens with one attached hydrogen (secondary N) is 1. The number of esters is 1. The third kappa shape index (κ3) is 2.78. The number of carbonyl (C=O) groups is 2. The Morgan fingerprint density at radius 3 is 2.50 bits per heavy atom. The second kappa shape index (κ2) is 6.41. The molecule has 1 heterocycles. The molecular weight excluding hydrogens is 318 g/mol. The van der Waals surface area contributed by atoms with E-state index in [4.69, 9.17) is 5.73 Å². The fourth-order valence-corrected chi connectivity index (χ4v) is 2.68. The van der Waals surface area contributed by atoms with Gasteiger partial charge in [-0.15, -0.1) is 0 Å². The van der Waals surface area contributed by atoms with Crippen molar-refractivity contribution in [1.82, 2.24) is 5.32 Å². The summed E-state index contributed by atoms with van der Waals surface area (Å²) in [6.45, 7) is 1.46. The molecule has 0 bridgehead atoms. The summed E-state index contributed by atoms with van der Waals surface area (Å²) in [5.41, 5.74) is 5.36. The number of carbonyl (C=O) groups excluding carboxylic acids is 1. The average molecular weight is 333 g/mol. The van der Waals surface area contributed by atoms with E-state index < -0.39 is 22.8 Å². The number of rotatable bonds is 4. The lowest BCUT2D eigenvalue weighted by molar-refractivity contribution is -0.385. The first kappa shape index (κ1) is 17.0. The zero-order valence-electron chi connectivity index (χ0n) is 12.9. The minimum atomic E-state index is -1.32. The molecule has 0 amide bonds. The highest BCUT2D eigenvalue weighted by Crippen LogP contribution is 2.41. The number of aliphatic carboxylic acids is 1. The molecule has 2 rings (SSSR count). The predicted molar refractivity (Wildman–Crippen MR) is 82.5 cm³/mol. The number of hydrogen-bond donors (Lipinski definition) is 3. The summed E-state index contributed by atoms with van der Waals surface area (Å²) in [5.74, 6) is -3.52. The number of hydrogen-bond acceptors (Lipinski definition) is 7. The summed E-state index contributed by atoms with van der Waals surface area (Å²) >= 11 is 0. The lowest BCUT2D eigenvalue weighted by Crippen LogP contribution is -2.35. The van der Waals surface area contributed by atoms with Gasteiger partial charge in [0, 0.05) is 17.3 Å². The zero-order chi connectivity index (χ0) is 18.0. The van der Waals surface area contributed by atoms with Crippen LogP contribution in [0.4, 0.5) is 5.69 Å². The van der Waals surface area contributed by atoms with Crippen molar-refractivity contribution in [2.24, 2.45) is 5.73 Å². The summed E-state index contributed by atoms with van der Waals surface area (Å²) in [6.07, 6.45) is 0. The molecule has 1 atom stereocenters. The van der Waals surface area contributed by atoms with Crippen LogP contribution in [0.2, 0.25) is 0 Å². The Hall–Kier alpha value is -3.36. The van der Waals surface area contributed by atoms with Crippen LogP contribution in [0, 0.1) is 10.1 Å². The number of carboxylic acids is 1.